The highest BCUT2D eigenvalue weighted by Crippen LogP contribution is 2.32. The number of piperazine rings is 1. The van der Waals surface area contributed by atoms with Gasteiger partial charge in [-0.25, -0.2) is 4.68 Å². The molecule has 29 heavy (non-hydrogen) atoms. The van der Waals surface area contributed by atoms with Gasteiger partial charge in [0.05, 0.1) is 13.1 Å². The normalized spacial score (nSPS) is 21.8. The monoisotopic (exact) mass is 400 g/mol. The molecule has 0 spiro atoms. The number of fused-ring (bicyclic) bond motifs is 1. The molecule has 0 bridgehead atoms. The lowest BCUT2D eigenvalue weighted by atomic mass is 10.1. The zero-order valence-electron chi connectivity index (χ0n) is 17.3. The van der Waals surface area contributed by atoms with E-state index in [0.29, 0.717) is 12.6 Å². The topological polar surface area (TPSA) is 70.9 Å². The minimum atomic E-state index is 0.289. The summed E-state index contributed by atoms with van der Waals surface area (Å²) in [6.45, 7) is 12.8. The second-order valence-corrected chi connectivity index (χ2v) is 7.98. The number of ether oxygens (including phenoxy) is 2. The number of nitrogens with one attached hydrogen (secondary N) is 2. The van der Waals surface area contributed by atoms with E-state index in [4.69, 9.17) is 9.47 Å². The van der Waals surface area contributed by atoms with Crippen molar-refractivity contribution >= 4 is 0 Å². The van der Waals surface area contributed by atoms with E-state index >= 15 is 0 Å². The Balaban J connectivity index is 1.50. The second kappa shape index (κ2) is 9.37. The van der Waals surface area contributed by atoms with E-state index in [0.717, 1.165) is 48.9 Å². The number of hydrogen-bond donors (Lipinski definition) is 2. The largest absolute Gasteiger partial charge is 0.454 e. The van der Waals surface area contributed by atoms with Gasteiger partial charge in [0, 0.05) is 6.42 Å². The van der Waals surface area contributed by atoms with Crippen LogP contribution in [0.15, 0.2) is 30.9 Å². The maximum atomic E-state index is 5.52. The molecule has 0 saturated carbocycles. The van der Waals surface area contributed by atoms with Gasteiger partial charge in [-0.2, -0.15) is 0 Å². The molecule has 4 rings (SSSR count). The molecular formula is C21H32N6O2+2. The summed E-state index contributed by atoms with van der Waals surface area (Å²) in [5, 5.41) is 12.8. The van der Waals surface area contributed by atoms with Crippen LogP contribution in [-0.4, -0.2) is 59.7 Å². The van der Waals surface area contributed by atoms with Crippen LogP contribution in [0.4, 0.5) is 0 Å². The molecule has 1 aromatic heterocycles. The first-order chi connectivity index (χ1) is 14.3. The molecule has 1 saturated heterocycles. The van der Waals surface area contributed by atoms with Crippen LogP contribution in [0.5, 0.6) is 11.5 Å². The van der Waals surface area contributed by atoms with Crippen LogP contribution in [0.3, 0.4) is 0 Å². The third kappa shape index (κ3) is 4.59. The highest BCUT2D eigenvalue weighted by Gasteiger charge is 2.33. The van der Waals surface area contributed by atoms with Gasteiger partial charge >= 0.3 is 0 Å². The molecule has 3 heterocycles. The number of quaternary nitrogens is 2. The summed E-state index contributed by atoms with van der Waals surface area (Å²) in [5.74, 6) is 2.60. The van der Waals surface area contributed by atoms with E-state index < -0.39 is 0 Å². The number of tetrazole rings is 1. The average molecular weight is 401 g/mol. The van der Waals surface area contributed by atoms with Crippen LogP contribution in [0, 0.1) is 0 Å². The summed E-state index contributed by atoms with van der Waals surface area (Å²) in [6.07, 6.45) is 5.51. The number of hydrogen-bond acceptors (Lipinski definition) is 5. The molecule has 0 radical (unpaired) electrons. The van der Waals surface area contributed by atoms with Crippen molar-refractivity contribution in [3.63, 3.8) is 0 Å². The van der Waals surface area contributed by atoms with Crippen LogP contribution in [0.25, 0.3) is 0 Å². The first-order valence-electron chi connectivity index (χ1n) is 10.7. The Hall–Kier alpha value is -2.45. The molecule has 8 nitrogen and oxygen atoms in total. The van der Waals surface area contributed by atoms with Gasteiger partial charge in [0.15, 0.2) is 11.5 Å². The summed E-state index contributed by atoms with van der Waals surface area (Å²) in [6, 6.07) is 6.39. The predicted octanol–water partition coefficient (Wildman–Crippen LogP) is -0.349. The summed E-state index contributed by atoms with van der Waals surface area (Å²) in [4.78, 5) is 3.23. The smallest absolute Gasteiger partial charge is 0.231 e. The van der Waals surface area contributed by atoms with Crippen molar-refractivity contribution in [2.45, 2.75) is 38.8 Å². The van der Waals surface area contributed by atoms with Gasteiger partial charge in [-0.05, 0) is 40.6 Å². The van der Waals surface area contributed by atoms with Gasteiger partial charge in [0.1, 0.15) is 32.2 Å². The maximum Gasteiger partial charge on any atom is 0.231 e. The molecule has 2 aliphatic heterocycles. The predicted molar refractivity (Wildman–Crippen MR) is 108 cm³/mol. The summed E-state index contributed by atoms with van der Waals surface area (Å²) < 4.78 is 12.9. The Kier molecular flexibility index (Phi) is 6.41. The van der Waals surface area contributed by atoms with Gasteiger partial charge in [0.2, 0.25) is 12.6 Å². The number of aromatic nitrogens is 4. The van der Waals surface area contributed by atoms with Gasteiger partial charge in [-0.3, -0.25) is 0 Å². The van der Waals surface area contributed by atoms with E-state index in [1.165, 1.54) is 25.9 Å². The lowest BCUT2D eigenvalue weighted by molar-refractivity contribution is -1.03. The van der Waals surface area contributed by atoms with Gasteiger partial charge in [0.25, 0.3) is 0 Å². The minimum Gasteiger partial charge on any atom is -0.454 e. The summed E-state index contributed by atoms with van der Waals surface area (Å²) in [5.41, 5.74) is 1.12. The molecule has 8 heteroatoms. The van der Waals surface area contributed by atoms with E-state index in [1.807, 2.05) is 22.9 Å². The lowest BCUT2D eigenvalue weighted by Gasteiger charge is -2.33. The standard InChI is InChI=1S/C21H30N6O2/c1-3-5-6-18(26-12-10-25(9-4-2)11-13-26)21-22-23-24-27(21)15-17-7-8-19-20(14-17)29-16-28-19/h4,7-8,14,18H,2-3,5-6,9-13,15-16H2,1H3/p+2/t18-/m1/s1. The van der Waals surface area contributed by atoms with E-state index in [1.54, 1.807) is 9.80 Å². The fourth-order valence-corrected chi connectivity index (χ4v) is 4.39. The molecule has 1 atom stereocenters. The van der Waals surface area contributed by atoms with Crippen LogP contribution < -0.4 is 19.3 Å². The van der Waals surface area contributed by atoms with Crippen molar-refractivity contribution in [3.05, 3.63) is 42.2 Å². The van der Waals surface area contributed by atoms with Crippen LogP contribution in [0.2, 0.25) is 0 Å². The molecule has 2 aromatic rings. The van der Waals surface area contributed by atoms with Crippen molar-refractivity contribution in [2.75, 3.05) is 39.5 Å². The van der Waals surface area contributed by atoms with Crippen molar-refractivity contribution in [2.24, 2.45) is 0 Å². The number of unbranched alkanes of at least 4 members (excludes halogenated alkanes) is 1. The SMILES string of the molecule is C=CC[NH+]1CC[NH+]([C@H](CCCC)c2nnnn2Cc2ccc3c(c2)OCO3)CC1. The van der Waals surface area contributed by atoms with E-state index in [2.05, 4.69) is 35.1 Å². The van der Waals surface area contributed by atoms with Crippen LogP contribution in [-0.2, 0) is 6.54 Å². The Morgan fingerprint density at radius 3 is 2.83 bits per heavy atom. The van der Waals surface area contributed by atoms with Crippen molar-refractivity contribution in [3.8, 4) is 11.5 Å². The zero-order valence-corrected chi connectivity index (χ0v) is 17.3. The van der Waals surface area contributed by atoms with Crippen LogP contribution >= 0.6 is 0 Å². The Bertz CT molecular complexity index is 815. The Morgan fingerprint density at radius 1 is 1.21 bits per heavy atom. The van der Waals surface area contributed by atoms with Gasteiger partial charge in [-0.15, -0.1) is 5.10 Å². The maximum absolute atomic E-state index is 5.52. The first kappa shape index (κ1) is 19.8. The molecule has 0 amide bonds. The quantitative estimate of drug-likeness (QED) is 0.563. The molecular weight excluding hydrogens is 368 g/mol. The molecule has 2 N–H and O–H groups in total. The third-order valence-electron chi connectivity index (χ3n) is 6.01. The van der Waals surface area contributed by atoms with Crippen molar-refractivity contribution in [1.29, 1.82) is 0 Å². The fraction of sp³-hybridized carbons (Fsp3) is 0.571. The van der Waals surface area contributed by atoms with Crippen LogP contribution in [0.1, 0.15) is 43.6 Å². The van der Waals surface area contributed by atoms with E-state index in [9.17, 15) is 0 Å². The molecule has 2 aliphatic rings. The molecule has 0 unspecified atom stereocenters. The highest BCUT2D eigenvalue weighted by molar-refractivity contribution is 5.44. The van der Waals surface area contributed by atoms with E-state index in [-0.39, 0.29) is 6.79 Å². The van der Waals surface area contributed by atoms with Gasteiger partial charge in [-0.1, -0.05) is 26.0 Å². The third-order valence-corrected chi connectivity index (χ3v) is 6.01. The molecule has 1 fully saturated rings. The average Bonchev–Trinajstić information content (AvgIpc) is 3.39. The Morgan fingerprint density at radius 2 is 2.03 bits per heavy atom. The minimum absolute atomic E-state index is 0.289. The number of rotatable bonds is 9. The fourth-order valence-electron chi connectivity index (χ4n) is 4.39. The molecule has 1 aromatic carbocycles. The highest BCUT2D eigenvalue weighted by atomic mass is 16.7. The van der Waals surface area contributed by atoms with Crippen molar-refractivity contribution < 1.29 is 19.3 Å². The number of nitrogens with zero attached hydrogens (tertiary/aromatic N) is 4. The molecule has 156 valence electrons. The Labute approximate surface area is 172 Å². The number of benzene rings is 1. The zero-order chi connectivity index (χ0) is 20.1. The first-order valence-corrected chi connectivity index (χ1v) is 10.7. The summed E-state index contributed by atoms with van der Waals surface area (Å²) in [7, 11) is 0. The van der Waals surface area contributed by atoms with Gasteiger partial charge < -0.3 is 19.3 Å². The summed E-state index contributed by atoms with van der Waals surface area (Å²) >= 11 is 0. The molecule has 0 aliphatic carbocycles. The lowest BCUT2D eigenvalue weighted by Crippen LogP contribution is -3.28. The van der Waals surface area contributed by atoms with Crippen molar-refractivity contribution in [1.82, 2.24) is 20.2 Å². The second-order valence-electron chi connectivity index (χ2n) is 7.98.